The van der Waals surface area contributed by atoms with E-state index in [1.807, 2.05) is 0 Å². The van der Waals surface area contributed by atoms with Gasteiger partial charge in [-0.2, -0.15) is 8.78 Å². The van der Waals surface area contributed by atoms with Gasteiger partial charge in [-0.25, -0.2) is 4.98 Å². The molecule has 0 saturated heterocycles. The number of oxazole rings is 1. The molecule has 0 aliphatic rings. The number of hydrogen-bond acceptors (Lipinski definition) is 4. The van der Waals surface area contributed by atoms with Crippen LogP contribution in [0.4, 0.5) is 14.5 Å². The first-order valence-corrected chi connectivity index (χ1v) is 5.84. The molecule has 1 heterocycles. The fourth-order valence-corrected chi connectivity index (χ4v) is 1.90. The number of fused-ring (bicyclic) bond motifs is 1. The largest absolute Gasteiger partial charge is 0.436 e. The maximum atomic E-state index is 12.4. The highest BCUT2D eigenvalue weighted by atomic mass is 19.3. The first-order valence-electron chi connectivity index (χ1n) is 5.84. The van der Waals surface area contributed by atoms with E-state index in [0.717, 1.165) is 0 Å². The summed E-state index contributed by atoms with van der Waals surface area (Å²) in [5.41, 5.74) is 7.65. The number of rotatable bonds is 3. The number of hydrogen-bond donors (Lipinski definition) is 1. The Bertz CT molecular complexity index is 756. The summed E-state index contributed by atoms with van der Waals surface area (Å²) in [5, 5.41) is 0. The number of anilines is 1. The molecule has 2 N–H and O–H groups in total. The summed E-state index contributed by atoms with van der Waals surface area (Å²) in [5.74, 6) is 0.226. The van der Waals surface area contributed by atoms with Gasteiger partial charge in [0.15, 0.2) is 5.58 Å². The van der Waals surface area contributed by atoms with Crippen molar-refractivity contribution in [2.45, 2.75) is 6.61 Å². The van der Waals surface area contributed by atoms with Crippen molar-refractivity contribution in [3.05, 3.63) is 42.5 Å². The van der Waals surface area contributed by atoms with Crippen molar-refractivity contribution in [3.63, 3.8) is 0 Å². The minimum atomic E-state index is -2.91. The van der Waals surface area contributed by atoms with Gasteiger partial charge in [-0.15, -0.1) is 0 Å². The van der Waals surface area contributed by atoms with Crippen molar-refractivity contribution in [3.8, 4) is 17.2 Å². The van der Waals surface area contributed by atoms with Gasteiger partial charge in [0.05, 0.1) is 5.56 Å². The summed E-state index contributed by atoms with van der Waals surface area (Å²) in [4.78, 5) is 4.24. The van der Waals surface area contributed by atoms with Crippen LogP contribution < -0.4 is 10.5 Å². The second-order valence-corrected chi connectivity index (χ2v) is 4.12. The third-order valence-electron chi connectivity index (χ3n) is 2.75. The number of nitrogens with two attached hydrogens (primary N) is 1. The molecule has 3 rings (SSSR count). The summed E-state index contributed by atoms with van der Waals surface area (Å²) in [6, 6.07) is 11.3. The van der Waals surface area contributed by atoms with Crippen LogP contribution in [0.2, 0.25) is 0 Å². The number of nitrogens with zero attached hydrogens (tertiary/aromatic N) is 1. The molecule has 0 atom stereocenters. The molecule has 0 bridgehead atoms. The van der Waals surface area contributed by atoms with Gasteiger partial charge in [-0.3, -0.25) is 0 Å². The standard InChI is InChI=1S/C14H10F2N2O2/c15-14(16)20-11-4-2-1-3-9(11)13-18-10-6-5-8(17)7-12(10)19-13/h1-7,14H,17H2. The highest BCUT2D eigenvalue weighted by Crippen LogP contribution is 2.32. The number of alkyl halides is 2. The van der Waals surface area contributed by atoms with Gasteiger partial charge in [0.25, 0.3) is 0 Å². The first kappa shape index (κ1) is 12.4. The smallest absolute Gasteiger partial charge is 0.387 e. The third-order valence-corrected chi connectivity index (χ3v) is 2.75. The van der Waals surface area contributed by atoms with Crippen molar-refractivity contribution >= 4 is 16.8 Å². The van der Waals surface area contributed by atoms with Crippen LogP contribution in [0.3, 0.4) is 0 Å². The Hall–Kier alpha value is -2.63. The quantitative estimate of drug-likeness (QED) is 0.741. The van der Waals surface area contributed by atoms with E-state index in [4.69, 9.17) is 10.2 Å². The van der Waals surface area contributed by atoms with E-state index < -0.39 is 6.61 Å². The predicted octanol–water partition coefficient (Wildman–Crippen LogP) is 3.68. The first-order chi connectivity index (χ1) is 9.63. The van der Waals surface area contributed by atoms with Crippen LogP contribution in [0.25, 0.3) is 22.6 Å². The zero-order valence-electron chi connectivity index (χ0n) is 10.2. The second-order valence-electron chi connectivity index (χ2n) is 4.12. The summed E-state index contributed by atoms with van der Waals surface area (Å²) in [6.07, 6.45) is 0. The topological polar surface area (TPSA) is 61.3 Å². The Labute approximate surface area is 112 Å². The summed E-state index contributed by atoms with van der Waals surface area (Å²) >= 11 is 0. The molecule has 3 aromatic rings. The zero-order valence-corrected chi connectivity index (χ0v) is 10.2. The van der Waals surface area contributed by atoms with Gasteiger partial charge in [-0.1, -0.05) is 12.1 Å². The third kappa shape index (κ3) is 2.27. The molecule has 1 aromatic heterocycles. The Morgan fingerprint density at radius 1 is 1.15 bits per heavy atom. The fourth-order valence-electron chi connectivity index (χ4n) is 1.90. The molecule has 0 aliphatic carbocycles. The fraction of sp³-hybridized carbons (Fsp3) is 0.0714. The molecule has 0 amide bonds. The Morgan fingerprint density at radius 3 is 2.75 bits per heavy atom. The van der Waals surface area contributed by atoms with Crippen LogP contribution in [-0.4, -0.2) is 11.6 Å². The van der Waals surface area contributed by atoms with Crippen LogP contribution in [-0.2, 0) is 0 Å². The molecular formula is C14H10F2N2O2. The molecule has 102 valence electrons. The molecule has 0 aliphatic heterocycles. The Kier molecular flexibility index (Phi) is 2.98. The van der Waals surface area contributed by atoms with Crippen molar-refractivity contribution in [1.29, 1.82) is 0 Å². The number of aromatic nitrogens is 1. The summed E-state index contributed by atoms with van der Waals surface area (Å²) in [7, 11) is 0. The molecule has 6 heteroatoms. The average Bonchev–Trinajstić information content (AvgIpc) is 2.81. The van der Waals surface area contributed by atoms with E-state index in [9.17, 15) is 8.78 Å². The van der Waals surface area contributed by atoms with Crippen LogP contribution >= 0.6 is 0 Å². The van der Waals surface area contributed by atoms with E-state index in [1.165, 1.54) is 6.07 Å². The Morgan fingerprint density at radius 2 is 1.95 bits per heavy atom. The van der Waals surface area contributed by atoms with E-state index in [-0.39, 0.29) is 11.6 Å². The summed E-state index contributed by atoms with van der Waals surface area (Å²) in [6.45, 7) is -2.91. The van der Waals surface area contributed by atoms with Gasteiger partial charge in [-0.05, 0) is 24.3 Å². The van der Waals surface area contributed by atoms with Crippen molar-refractivity contribution in [1.82, 2.24) is 4.98 Å². The molecule has 2 aromatic carbocycles. The van der Waals surface area contributed by atoms with E-state index in [2.05, 4.69) is 9.72 Å². The Balaban J connectivity index is 2.10. The highest BCUT2D eigenvalue weighted by molar-refractivity contribution is 5.80. The van der Waals surface area contributed by atoms with Gasteiger partial charge in [0.2, 0.25) is 5.89 Å². The van der Waals surface area contributed by atoms with Crippen LogP contribution in [0.5, 0.6) is 5.75 Å². The molecule has 0 spiro atoms. The maximum Gasteiger partial charge on any atom is 0.387 e. The van der Waals surface area contributed by atoms with Crippen molar-refractivity contribution in [2.24, 2.45) is 0 Å². The molecule has 0 radical (unpaired) electrons. The molecule has 0 saturated carbocycles. The minimum Gasteiger partial charge on any atom is -0.436 e. The monoisotopic (exact) mass is 276 g/mol. The van der Waals surface area contributed by atoms with Crippen molar-refractivity contribution < 1.29 is 17.9 Å². The molecular weight excluding hydrogens is 266 g/mol. The average molecular weight is 276 g/mol. The van der Waals surface area contributed by atoms with Gasteiger partial charge >= 0.3 is 6.61 Å². The lowest BCUT2D eigenvalue weighted by molar-refractivity contribution is -0.0495. The molecule has 0 fully saturated rings. The number of ether oxygens (including phenoxy) is 1. The van der Waals surface area contributed by atoms with Crippen molar-refractivity contribution in [2.75, 3.05) is 5.73 Å². The van der Waals surface area contributed by atoms with E-state index in [0.29, 0.717) is 22.4 Å². The second kappa shape index (κ2) is 4.80. The van der Waals surface area contributed by atoms with Gasteiger partial charge in [0, 0.05) is 11.8 Å². The molecule has 0 unspecified atom stereocenters. The van der Waals surface area contributed by atoms with Crippen LogP contribution in [0.15, 0.2) is 46.9 Å². The highest BCUT2D eigenvalue weighted by Gasteiger charge is 2.15. The van der Waals surface area contributed by atoms with Gasteiger partial charge in [0.1, 0.15) is 11.3 Å². The lowest BCUT2D eigenvalue weighted by atomic mass is 10.2. The lowest BCUT2D eigenvalue weighted by Gasteiger charge is -2.07. The lowest BCUT2D eigenvalue weighted by Crippen LogP contribution is -2.02. The molecule has 4 nitrogen and oxygen atoms in total. The molecule has 20 heavy (non-hydrogen) atoms. The number of nitrogen functional groups attached to an aromatic ring is 1. The van der Waals surface area contributed by atoms with E-state index in [1.54, 1.807) is 36.4 Å². The number of para-hydroxylation sites is 1. The number of halogens is 2. The van der Waals surface area contributed by atoms with Crippen LogP contribution in [0.1, 0.15) is 0 Å². The minimum absolute atomic E-state index is 0.0158. The SMILES string of the molecule is Nc1ccc2nc(-c3ccccc3OC(F)F)oc2c1. The van der Waals surface area contributed by atoms with Gasteiger partial charge < -0.3 is 14.9 Å². The predicted molar refractivity (Wildman–Crippen MR) is 70.5 cm³/mol. The van der Waals surface area contributed by atoms with E-state index >= 15 is 0 Å². The van der Waals surface area contributed by atoms with Crippen LogP contribution in [0, 0.1) is 0 Å². The summed E-state index contributed by atoms with van der Waals surface area (Å²) < 4.78 is 34.8. The number of benzene rings is 2. The zero-order chi connectivity index (χ0) is 14.1. The maximum absolute atomic E-state index is 12.4. The normalized spacial score (nSPS) is 11.2.